The minimum absolute atomic E-state index is 0.0602. The van der Waals surface area contributed by atoms with Crippen LogP contribution < -0.4 is 10.6 Å². The van der Waals surface area contributed by atoms with Crippen LogP contribution in [0.3, 0.4) is 0 Å². The molecule has 1 atom stereocenters. The molecule has 2 amide bonds. The smallest absolute Gasteiger partial charge is 0.314 e. The van der Waals surface area contributed by atoms with E-state index >= 15 is 0 Å². The van der Waals surface area contributed by atoms with Gasteiger partial charge in [0.15, 0.2) is 0 Å². The first kappa shape index (κ1) is 16.7. The fraction of sp³-hybridized carbons (Fsp3) is 0.833. The summed E-state index contributed by atoms with van der Waals surface area (Å²) in [6, 6.07) is -0.237. The van der Waals surface area contributed by atoms with Crippen LogP contribution in [0.4, 0.5) is 4.79 Å². The molecule has 0 aromatic rings. The second-order valence-electron chi connectivity index (χ2n) is 4.39. The average molecular weight is 260 g/mol. The van der Waals surface area contributed by atoms with E-state index in [1.165, 1.54) is 0 Å². The van der Waals surface area contributed by atoms with Crippen molar-refractivity contribution in [1.29, 1.82) is 0 Å². The molecule has 0 aliphatic heterocycles. The summed E-state index contributed by atoms with van der Waals surface area (Å²) in [7, 11) is 1.67. The van der Waals surface area contributed by atoms with Gasteiger partial charge in [-0.15, -0.1) is 0 Å². The number of carbonyl (C=O) groups is 2. The first-order chi connectivity index (χ1) is 8.56. The molecular weight excluding hydrogens is 236 g/mol. The summed E-state index contributed by atoms with van der Waals surface area (Å²) in [6.07, 6.45) is 3.00. The van der Waals surface area contributed by atoms with Crippen molar-refractivity contribution in [2.45, 2.75) is 32.6 Å². The number of aliphatic carboxylic acids is 1. The monoisotopic (exact) mass is 260 g/mol. The summed E-state index contributed by atoms with van der Waals surface area (Å²) in [6.45, 7) is 3.54. The average Bonchev–Trinajstić information content (AvgIpc) is 2.30. The van der Waals surface area contributed by atoms with Crippen molar-refractivity contribution < 1.29 is 19.4 Å². The van der Waals surface area contributed by atoms with Crippen LogP contribution in [-0.4, -0.2) is 43.9 Å². The molecule has 0 fully saturated rings. The third kappa shape index (κ3) is 11.2. The lowest BCUT2D eigenvalue weighted by molar-refractivity contribution is -0.137. The Kier molecular flexibility index (Phi) is 10.0. The minimum atomic E-state index is -0.845. The number of amides is 2. The molecule has 0 saturated heterocycles. The summed E-state index contributed by atoms with van der Waals surface area (Å²) in [5.41, 5.74) is 0. The zero-order valence-corrected chi connectivity index (χ0v) is 11.2. The number of urea groups is 1. The molecule has 0 heterocycles. The lowest BCUT2D eigenvalue weighted by Crippen LogP contribution is -2.38. The van der Waals surface area contributed by atoms with Crippen molar-refractivity contribution in [2.24, 2.45) is 5.92 Å². The molecule has 0 aliphatic carbocycles. The van der Waals surface area contributed by atoms with E-state index in [-0.39, 0.29) is 18.4 Å². The molecule has 0 rings (SSSR count). The van der Waals surface area contributed by atoms with E-state index in [0.717, 1.165) is 25.9 Å². The van der Waals surface area contributed by atoms with Crippen LogP contribution in [0.15, 0.2) is 0 Å². The number of rotatable bonds is 10. The third-order valence-electron chi connectivity index (χ3n) is 2.44. The number of nitrogens with one attached hydrogen (secondary N) is 2. The fourth-order valence-electron chi connectivity index (χ4n) is 1.45. The van der Waals surface area contributed by atoms with Crippen LogP contribution in [0.2, 0.25) is 0 Å². The van der Waals surface area contributed by atoms with E-state index in [1.54, 1.807) is 14.0 Å². The molecule has 0 aromatic carbocycles. The van der Waals surface area contributed by atoms with Gasteiger partial charge < -0.3 is 20.5 Å². The Morgan fingerprint density at radius 3 is 2.56 bits per heavy atom. The maximum absolute atomic E-state index is 11.3. The molecule has 0 saturated carbocycles. The number of carbonyl (C=O) groups excluding carboxylic acids is 1. The Morgan fingerprint density at radius 1 is 1.22 bits per heavy atom. The predicted octanol–water partition coefficient (Wildman–Crippen LogP) is 1.21. The lowest BCUT2D eigenvalue weighted by atomic mass is 10.1. The molecule has 0 aliphatic rings. The molecule has 106 valence electrons. The largest absolute Gasteiger partial charge is 0.481 e. The van der Waals surface area contributed by atoms with Gasteiger partial charge in [-0.3, -0.25) is 4.79 Å². The number of carboxylic acid groups (broad SMARTS) is 1. The molecule has 0 radical (unpaired) electrons. The highest BCUT2D eigenvalue weighted by atomic mass is 16.5. The standard InChI is InChI=1S/C12H24N2O4/c1-10(8-11(15)16)9-14-12(17)13-6-4-3-5-7-18-2/h10H,3-9H2,1-2H3,(H,15,16)(H2,13,14,17). The van der Waals surface area contributed by atoms with Gasteiger partial charge in [0, 0.05) is 33.2 Å². The number of hydrogen-bond acceptors (Lipinski definition) is 3. The molecule has 18 heavy (non-hydrogen) atoms. The number of methoxy groups -OCH3 is 1. The van der Waals surface area contributed by atoms with Crippen molar-refractivity contribution in [3.63, 3.8) is 0 Å². The molecular formula is C12H24N2O4. The van der Waals surface area contributed by atoms with Crippen molar-refractivity contribution in [3.8, 4) is 0 Å². The highest BCUT2D eigenvalue weighted by Gasteiger charge is 2.08. The maximum atomic E-state index is 11.3. The zero-order chi connectivity index (χ0) is 13.8. The van der Waals surface area contributed by atoms with Gasteiger partial charge in [-0.2, -0.15) is 0 Å². The zero-order valence-electron chi connectivity index (χ0n) is 11.2. The lowest BCUT2D eigenvalue weighted by Gasteiger charge is -2.11. The Labute approximate surface area is 108 Å². The third-order valence-corrected chi connectivity index (χ3v) is 2.44. The van der Waals surface area contributed by atoms with Crippen LogP contribution in [0.5, 0.6) is 0 Å². The van der Waals surface area contributed by atoms with Crippen LogP contribution in [0.1, 0.15) is 32.6 Å². The van der Waals surface area contributed by atoms with E-state index < -0.39 is 5.97 Å². The van der Waals surface area contributed by atoms with Gasteiger partial charge in [-0.1, -0.05) is 6.92 Å². The Hall–Kier alpha value is -1.30. The van der Waals surface area contributed by atoms with Gasteiger partial charge in [-0.05, 0) is 25.2 Å². The molecule has 6 heteroatoms. The molecule has 0 aromatic heterocycles. The number of ether oxygens (including phenoxy) is 1. The van der Waals surface area contributed by atoms with E-state index in [9.17, 15) is 9.59 Å². The van der Waals surface area contributed by atoms with Crippen molar-refractivity contribution in [2.75, 3.05) is 26.8 Å². The van der Waals surface area contributed by atoms with Crippen molar-refractivity contribution in [1.82, 2.24) is 10.6 Å². The second-order valence-corrected chi connectivity index (χ2v) is 4.39. The summed E-state index contributed by atoms with van der Waals surface area (Å²) >= 11 is 0. The van der Waals surface area contributed by atoms with Gasteiger partial charge in [0.25, 0.3) is 0 Å². The maximum Gasteiger partial charge on any atom is 0.314 e. The topological polar surface area (TPSA) is 87.7 Å². The van der Waals surface area contributed by atoms with Gasteiger partial charge in [-0.25, -0.2) is 4.79 Å². The van der Waals surface area contributed by atoms with Crippen LogP contribution in [0, 0.1) is 5.92 Å². The van der Waals surface area contributed by atoms with E-state index in [1.807, 2.05) is 0 Å². The summed E-state index contributed by atoms with van der Waals surface area (Å²) < 4.78 is 4.92. The van der Waals surface area contributed by atoms with Crippen LogP contribution in [0.25, 0.3) is 0 Å². The first-order valence-corrected chi connectivity index (χ1v) is 6.28. The van der Waals surface area contributed by atoms with Crippen molar-refractivity contribution >= 4 is 12.0 Å². The number of hydrogen-bond donors (Lipinski definition) is 3. The quantitative estimate of drug-likeness (QED) is 0.515. The molecule has 0 spiro atoms. The Bertz CT molecular complexity index is 246. The SMILES string of the molecule is COCCCCCNC(=O)NCC(C)CC(=O)O. The summed E-state index contributed by atoms with van der Waals surface area (Å²) in [5, 5.41) is 13.9. The van der Waals surface area contributed by atoms with E-state index in [4.69, 9.17) is 9.84 Å². The molecule has 0 bridgehead atoms. The molecule has 3 N–H and O–H groups in total. The predicted molar refractivity (Wildman–Crippen MR) is 68.5 cm³/mol. The van der Waals surface area contributed by atoms with Crippen molar-refractivity contribution in [3.05, 3.63) is 0 Å². The number of unbranched alkanes of at least 4 members (excludes halogenated alkanes) is 2. The normalized spacial score (nSPS) is 11.9. The van der Waals surface area contributed by atoms with Gasteiger partial charge >= 0.3 is 12.0 Å². The highest BCUT2D eigenvalue weighted by Crippen LogP contribution is 1.99. The number of carboxylic acids is 1. The van der Waals surface area contributed by atoms with Gasteiger partial charge in [0.2, 0.25) is 0 Å². The first-order valence-electron chi connectivity index (χ1n) is 6.28. The summed E-state index contributed by atoms with van der Waals surface area (Å²) in [4.78, 5) is 21.7. The summed E-state index contributed by atoms with van der Waals surface area (Å²) in [5.74, 6) is -0.905. The minimum Gasteiger partial charge on any atom is -0.481 e. The Morgan fingerprint density at radius 2 is 1.94 bits per heavy atom. The van der Waals surface area contributed by atoms with E-state index in [2.05, 4.69) is 10.6 Å². The second kappa shape index (κ2) is 10.8. The fourth-order valence-corrected chi connectivity index (χ4v) is 1.45. The van der Waals surface area contributed by atoms with Crippen LogP contribution in [-0.2, 0) is 9.53 Å². The van der Waals surface area contributed by atoms with Crippen LogP contribution >= 0.6 is 0 Å². The molecule has 1 unspecified atom stereocenters. The van der Waals surface area contributed by atoms with Gasteiger partial charge in [0.05, 0.1) is 0 Å². The van der Waals surface area contributed by atoms with E-state index in [0.29, 0.717) is 13.1 Å². The molecule has 6 nitrogen and oxygen atoms in total. The van der Waals surface area contributed by atoms with Gasteiger partial charge in [0.1, 0.15) is 0 Å². The Balaban J connectivity index is 3.40. The highest BCUT2D eigenvalue weighted by molar-refractivity contribution is 5.73.